The number of nitrogens with zero attached hydrogens (tertiary/aromatic N) is 2. The number of rotatable bonds is 5. The van der Waals surface area contributed by atoms with Gasteiger partial charge in [0.1, 0.15) is 18.3 Å². The molecule has 2 aliphatic carbocycles. The van der Waals surface area contributed by atoms with Crippen molar-refractivity contribution in [3.05, 3.63) is 83.2 Å². The van der Waals surface area contributed by atoms with Crippen LogP contribution >= 0.6 is 0 Å². The van der Waals surface area contributed by atoms with E-state index in [1.807, 2.05) is 20.8 Å². The Morgan fingerprint density at radius 3 is 2.19 bits per heavy atom. The summed E-state index contributed by atoms with van der Waals surface area (Å²) in [5.74, 6) is -1.97. The Bertz CT molecular complexity index is 1490. The minimum Gasteiger partial charge on any atom is -0.482 e. The highest BCUT2D eigenvalue weighted by molar-refractivity contribution is 5.91. The first-order valence-corrected chi connectivity index (χ1v) is 14.2. The molecule has 0 spiro atoms. The average Bonchev–Trinajstić information content (AvgIpc) is 3.58. The van der Waals surface area contributed by atoms with Crippen LogP contribution in [-0.4, -0.2) is 63.5 Å². The maximum absolute atomic E-state index is 13.5. The molecule has 2 aromatic heterocycles. The van der Waals surface area contributed by atoms with E-state index in [1.165, 1.54) is 12.4 Å². The van der Waals surface area contributed by atoms with E-state index >= 15 is 0 Å². The van der Waals surface area contributed by atoms with Crippen molar-refractivity contribution in [3.8, 4) is 0 Å². The van der Waals surface area contributed by atoms with Crippen molar-refractivity contribution in [1.29, 1.82) is 0 Å². The number of ether oxygens (including phenoxy) is 4. The van der Waals surface area contributed by atoms with Gasteiger partial charge in [-0.1, -0.05) is 25.5 Å². The Hall–Kier alpha value is -4.05. The van der Waals surface area contributed by atoms with Gasteiger partial charge in [-0.05, 0) is 56.9 Å². The molecule has 10 heteroatoms. The Balaban J connectivity index is 1.48. The molecule has 0 radical (unpaired) electrons. The normalized spacial score (nSPS) is 35.4. The number of pyridine rings is 2. The number of carbonyl (C=O) groups is 3. The van der Waals surface area contributed by atoms with E-state index in [4.69, 9.17) is 18.9 Å². The second-order valence-corrected chi connectivity index (χ2v) is 12.2. The van der Waals surface area contributed by atoms with E-state index < -0.39 is 52.7 Å². The predicted molar refractivity (Wildman–Crippen MR) is 148 cm³/mol. The van der Waals surface area contributed by atoms with E-state index in [1.54, 1.807) is 43.6 Å². The maximum atomic E-state index is 13.5. The summed E-state index contributed by atoms with van der Waals surface area (Å²) in [4.78, 5) is 47.6. The molecule has 42 heavy (non-hydrogen) atoms. The second kappa shape index (κ2) is 10.0. The topological polar surface area (TPSA) is 134 Å². The summed E-state index contributed by atoms with van der Waals surface area (Å²) in [6.45, 7) is 7.65. The number of fused-ring (bicyclic) bond motifs is 1. The largest absolute Gasteiger partial charge is 0.482 e. The van der Waals surface area contributed by atoms with Crippen LogP contribution in [0.15, 0.2) is 72.0 Å². The van der Waals surface area contributed by atoms with Crippen molar-refractivity contribution in [2.24, 2.45) is 16.7 Å². The minimum absolute atomic E-state index is 0.147. The van der Waals surface area contributed by atoms with Crippen LogP contribution in [0, 0.1) is 16.7 Å². The fourth-order valence-electron chi connectivity index (χ4n) is 7.57. The molecular weight excluding hydrogens is 540 g/mol. The standard InChI is InChI=1S/C32H34N2O8/c1-18-8-5-11-22-30(18,2)25(41-27(35)19-9-6-12-33-15-19)26(42-28(36)20-10-7-13-34-16-20)32(4,38)31(22,3)23-14-21-17-39-29(37)24(21)40-23/h6-10,12-13,15-16,22-23,25-26,38H,5,11,14,17H2,1-4H3. The Labute approximate surface area is 243 Å². The number of aliphatic hydroxyl groups is 1. The van der Waals surface area contributed by atoms with E-state index in [2.05, 4.69) is 16.0 Å². The van der Waals surface area contributed by atoms with Crippen LogP contribution in [0.25, 0.3) is 0 Å². The van der Waals surface area contributed by atoms with E-state index in [0.29, 0.717) is 12.8 Å². The number of allylic oxidation sites excluding steroid dienone is 1. The fourth-order valence-corrected chi connectivity index (χ4v) is 7.57. The molecule has 6 rings (SSSR count). The van der Waals surface area contributed by atoms with Gasteiger partial charge in [-0.25, -0.2) is 14.4 Å². The number of hydrogen-bond donors (Lipinski definition) is 1. The third kappa shape index (κ3) is 4.06. The van der Waals surface area contributed by atoms with Crippen molar-refractivity contribution in [1.82, 2.24) is 9.97 Å². The van der Waals surface area contributed by atoms with Gasteiger partial charge in [0.25, 0.3) is 0 Å². The molecule has 7 unspecified atom stereocenters. The average molecular weight is 575 g/mol. The Morgan fingerprint density at radius 1 is 1.00 bits per heavy atom. The van der Waals surface area contributed by atoms with Gasteiger partial charge >= 0.3 is 17.9 Å². The number of esters is 3. The van der Waals surface area contributed by atoms with Gasteiger partial charge in [-0.3, -0.25) is 9.97 Å². The molecule has 0 aromatic carbocycles. The van der Waals surface area contributed by atoms with Crippen molar-refractivity contribution < 1.29 is 38.4 Å². The Morgan fingerprint density at radius 2 is 1.62 bits per heavy atom. The number of cyclic esters (lactones) is 1. The molecule has 4 aliphatic rings. The second-order valence-electron chi connectivity index (χ2n) is 12.2. The van der Waals surface area contributed by atoms with Gasteiger partial charge < -0.3 is 24.1 Å². The predicted octanol–water partition coefficient (Wildman–Crippen LogP) is 3.96. The van der Waals surface area contributed by atoms with Crippen LogP contribution < -0.4 is 0 Å². The zero-order valence-corrected chi connectivity index (χ0v) is 24.0. The molecule has 4 heterocycles. The quantitative estimate of drug-likeness (QED) is 0.318. The summed E-state index contributed by atoms with van der Waals surface area (Å²) >= 11 is 0. The van der Waals surface area contributed by atoms with E-state index in [0.717, 1.165) is 17.6 Å². The lowest BCUT2D eigenvalue weighted by molar-refractivity contribution is -0.288. The van der Waals surface area contributed by atoms with E-state index in [-0.39, 0.29) is 29.4 Å². The first-order valence-electron chi connectivity index (χ1n) is 14.2. The molecule has 1 fully saturated rings. The van der Waals surface area contributed by atoms with Crippen LogP contribution in [0.4, 0.5) is 0 Å². The summed E-state index contributed by atoms with van der Waals surface area (Å²) < 4.78 is 23.9. The molecule has 220 valence electrons. The zero-order chi connectivity index (χ0) is 29.9. The smallest absolute Gasteiger partial charge is 0.374 e. The van der Waals surface area contributed by atoms with Crippen LogP contribution in [0.1, 0.15) is 67.7 Å². The fraction of sp³-hybridized carbons (Fsp3) is 0.469. The summed E-state index contributed by atoms with van der Waals surface area (Å²) in [7, 11) is 0. The number of hydrogen-bond acceptors (Lipinski definition) is 10. The van der Waals surface area contributed by atoms with Crippen LogP contribution in [0.3, 0.4) is 0 Å². The monoisotopic (exact) mass is 574 g/mol. The lowest BCUT2D eigenvalue weighted by Gasteiger charge is -2.66. The van der Waals surface area contributed by atoms with Gasteiger partial charge in [-0.15, -0.1) is 0 Å². The lowest BCUT2D eigenvalue weighted by atomic mass is 9.43. The van der Waals surface area contributed by atoms with Gasteiger partial charge in [0.15, 0.2) is 12.2 Å². The molecule has 10 nitrogen and oxygen atoms in total. The molecular formula is C32H34N2O8. The van der Waals surface area contributed by atoms with E-state index in [9.17, 15) is 19.5 Å². The third-order valence-corrected chi connectivity index (χ3v) is 10.2. The highest BCUT2D eigenvalue weighted by Crippen LogP contribution is 2.66. The molecule has 0 saturated heterocycles. The summed E-state index contributed by atoms with van der Waals surface area (Å²) in [5.41, 5.74) is -1.58. The third-order valence-electron chi connectivity index (χ3n) is 10.2. The molecule has 1 N–H and O–H groups in total. The lowest BCUT2D eigenvalue weighted by Crippen LogP contribution is -2.75. The maximum Gasteiger partial charge on any atom is 0.374 e. The van der Waals surface area contributed by atoms with Crippen LogP contribution in [-0.2, 0) is 23.7 Å². The van der Waals surface area contributed by atoms with Crippen molar-refractivity contribution in [3.63, 3.8) is 0 Å². The summed E-state index contributed by atoms with van der Waals surface area (Å²) in [6.07, 6.45) is 6.77. The molecule has 1 saturated carbocycles. The molecule has 2 aromatic rings. The SMILES string of the molecule is CC1=CCCC2C1(C)C(OC(=O)c1cccnc1)C(OC(=O)c1cccnc1)C(C)(O)C2(C)C1CC2=C(O1)C(=O)OC2. The van der Waals surface area contributed by atoms with Crippen LogP contribution in [0.5, 0.6) is 0 Å². The Kier molecular flexibility index (Phi) is 6.72. The number of carbonyl (C=O) groups excluding carboxylic acids is 3. The molecule has 7 atom stereocenters. The minimum atomic E-state index is -1.78. The summed E-state index contributed by atoms with van der Waals surface area (Å²) in [6, 6.07) is 6.41. The zero-order valence-electron chi connectivity index (χ0n) is 24.0. The molecule has 0 amide bonds. The van der Waals surface area contributed by atoms with Gasteiger partial charge in [0.05, 0.1) is 11.1 Å². The van der Waals surface area contributed by atoms with Crippen molar-refractivity contribution in [2.75, 3.05) is 6.61 Å². The van der Waals surface area contributed by atoms with Gasteiger partial charge in [-0.2, -0.15) is 0 Å². The molecule has 0 bridgehead atoms. The highest BCUT2D eigenvalue weighted by atomic mass is 16.6. The molecule has 2 aliphatic heterocycles. The van der Waals surface area contributed by atoms with Crippen molar-refractivity contribution >= 4 is 17.9 Å². The van der Waals surface area contributed by atoms with Crippen LogP contribution in [0.2, 0.25) is 0 Å². The van der Waals surface area contributed by atoms with Crippen molar-refractivity contribution in [2.45, 2.75) is 70.9 Å². The first-order chi connectivity index (χ1) is 20.0. The first kappa shape index (κ1) is 28.1. The van der Waals surface area contributed by atoms with Gasteiger partial charge in [0.2, 0.25) is 5.76 Å². The summed E-state index contributed by atoms with van der Waals surface area (Å²) in [5, 5.41) is 12.7. The highest BCUT2D eigenvalue weighted by Gasteiger charge is 2.73. The van der Waals surface area contributed by atoms with Gasteiger partial charge in [0, 0.05) is 47.6 Å². The number of aromatic nitrogens is 2.